The first kappa shape index (κ1) is 34.6. The molecule has 0 unspecified atom stereocenters. The van der Waals surface area contributed by atoms with Crippen molar-refractivity contribution in [1.82, 2.24) is 24.7 Å². The summed E-state index contributed by atoms with van der Waals surface area (Å²) in [5, 5.41) is 20.6. The van der Waals surface area contributed by atoms with E-state index in [0.29, 0.717) is 74.3 Å². The predicted octanol–water partition coefficient (Wildman–Crippen LogP) is 7.25. The highest BCUT2D eigenvalue weighted by Gasteiger charge is 2.40. The van der Waals surface area contributed by atoms with E-state index in [4.69, 9.17) is 14.4 Å². The third-order valence-electron chi connectivity index (χ3n) is 10.6. The zero-order valence-electron chi connectivity index (χ0n) is 29.9. The van der Waals surface area contributed by atoms with Crippen molar-refractivity contribution >= 4 is 34.3 Å². The fourth-order valence-corrected chi connectivity index (χ4v) is 8.32. The molecule has 11 heteroatoms. The standard InChI is InChI=1S/C40H42N6O4S/c1-23(2)44(6)21-35(47)46-19-33-34(20-46)51-38(43-33)31-12-8-10-29(25(31)4)28-9-7-11-30(24(28)3)37-42-32-16-26(15-27(17-41)36(32)50-37)18-45-14-13-40(5,22-45)39(48)49/h7-12,15-16,23H,13-14,18-22H2,1-6H3,(H,48,49)/t40-/m1/s1. The summed E-state index contributed by atoms with van der Waals surface area (Å²) in [7, 11) is 1.98. The van der Waals surface area contributed by atoms with Gasteiger partial charge < -0.3 is 14.4 Å². The van der Waals surface area contributed by atoms with Crippen LogP contribution in [0.25, 0.3) is 44.3 Å². The van der Waals surface area contributed by atoms with Crippen molar-refractivity contribution in [3.63, 3.8) is 0 Å². The Morgan fingerprint density at radius 3 is 2.39 bits per heavy atom. The topological polar surface area (TPSA) is 127 Å². The Labute approximate surface area is 302 Å². The number of hydrogen-bond donors (Lipinski definition) is 1. The van der Waals surface area contributed by atoms with Gasteiger partial charge in [0, 0.05) is 35.1 Å². The lowest BCUT2D eigenvalue weighted by Gasteiger charge is -2.23. The highest BCUT2D eigenvalue weighted by molar-refractivity contribution is 7.15. The zero-order chi connectivity index (χ0) is 36.2. The molecule has 2 aliphatic rings. The number of hydrogen-bond acceptors (Lipinski definition) is 9. The molecule has 7 rings (SSSR count). The molecule has 1 fully saturated rings. The van der Waals surface area contributed by atoms with Crippen molar-refractivity contribution in [2.75, 3.05) is 26.7 Å². The number of likely N-dealkylation sites (N-methyl/N-ethyl adjacent to an activating group) is 1. The van der Waals surface area contributed by atoms with E-state index < -0.39 is 11.4 Å². The number of nitriles is 1. The molecular formula is C40H42N6O4S. The lowest BCUT2D eigenvalue weighted by atomic mass is 9.90. The summed E-state index contributed by atoms with van der Waals surface area (Å²) in [5.41, 5.74) is 8.76. The van der Waals surface area contributed by atoms with Crippen LogP contribution in [0, 0.1) is 30.6 Å². The molecule has 262 valence electrons. The predicted molar refractivity (Wildman–Crippen MR) is 198 cm³/mol. The molecule has 1 amide bonds. The van der Waals surface area contributed by atoms with Crippen LogP contribution in [0.5, 0.6) is 0 Å². The summed E-state index contributed by atoms with van der Waals surface area (Å²) < 4.78 is 6.29. The van der Waals surface area contributed by atoms with Gasteiger partial charge >= 0.3 is 5.97 Å². The van der Waals surface area contributed by atoms with E-state index in [1.54, 1.807) is 18.3 Å². The van der Waals surface area contributed by atoms with Gasteiger partial charge in [0.1, 0.15) is 16.6 Å². The van der Waals surface area contributed by atoms with Gasteiger partial charge in [-0.2, -0.15) is 5.26 Å². The molecule has 0 radical (unpaired) electrons. The van der Waals surface area contributed by atoms with Gasteiger partial charge in [-0.05, 0) is 101 Å². The van der Waals surface area contributed by atoms with Crippen LogP contribution in [-0.4, -0.2) is 74.4 Å². The number of carboxylic acid groups (broad SMARTS) is 1. The first-order valence-corrected chi connectivity index (χ1v) is 18.1. The number of nitrogens with zero attached hydrogens (tertiary/aromatic N) is 6. The largest absolute Gasteiger partial charge is 0.481 e. The van der Waals surface area contributed by atoms with Crippen molar-refractivity contribution in [2.45, 2.75) is 66.7 Å². The van der Waals surface area contributed by atoms with Crippen molar-refractivity contribution < 1.29 is 19.1 Å². The molecule has 0 spiro atoms. The molecule has 2 aromatic heterocycles. The van der Waals surface area contributed by atoms with Gasteiger partial charge in [0.2, 0.25) is 11.8 Å². The number of rotatable bonds is 9. The second-order valence-corrected chi connectivity index (χ2v) is 15.6. The number of carbonyl (C=O) groups excluding carboxylic acids is 1. The van der Waals surface area contributed by atoms with Gasteiger partial charge in [-0.25, -0.2) is 9.97 Å². The number of benzene rings is 3. The van der Waals surface area contributed by atoms with Crippen LogP contribution >= 0.6 is 11.3 Å². The Kier molecular flexibility index (Phi) is 9.04. The highest BCUT2D eigenvalue weighted by atomic mass is 32.1. The zero-order valence-corrected chi connectivity index (χ0v) is 30.7. The number of thiazole rings is 1. The molecule has 1 N–H and O–H groups in total. The van der Waals surface area contributed by atoms with Gasteiger partial charge in [-0.1, -0.05) is 30.3 Å². The second kappa shape index (κ2) is 13.3. The van der Waals surface area contributed by atoms with Crippen LogP contribution in [-0.2, 0) is 29.2 Å². The number of fused-ring (bicyclic) bond motifs is 2. The lowest BCUT2D eigenvalue weighted by Crippen LogP contribution is -2.38. The molecule has 4 heterocycles. The average Bonchev–Trinajstić information content (AvgIpc) is 3.88. The summed E-state index contributed by atoms with van der Waals surface area (Å²) in [6.07, 6.45) is 0.589. The third-order valence-corrected chi connectivity index (χ3v) is 11.8. The molecule has 0 saturated carbocycles. The van der Waals surface area contributed by atoms with Gasteiger partial charge in [0.25, 0.3) is 0 Å². The lowest BCUT2D eigenvalue weighted by molar-refractivity contribution is -0.147. The number of oxazole rings is 1. The maximum Gasteiger partial charge on any atom is 0.310 e. The monoisotopic (exact) mass is 702 g/mol. The quantitative estimate of drug-likeness (QED) is 0.169. The van der Waals surface area contributed by atoms with E-state index >= 15 is 0 Å². The SMILES string of the molecule is Cc1c(-c2nc3cc(CN4CC[C@@](C)(C(=O)O)C4)cc(C#N)c3o2)cccc1-c1cccc(-c2nc3c(s2)CN(C(=O)CN(C)C(C)C)C3)c1C. The Morgan fingerprint density at radius 2 is 1.75 bits per heavy atom. The van der Waals surface area contributed by atoms with Crippen LogP contribution in [0.1, 0.15) is 60.0 Å². The Morgan fingerprint density at radius 1 is 1.06 bits per heavy atom. The Balaban J connectivity index is 1.15. The molecule has 1 atom stereocenters. The maximum atomic E-state index is 12.9. The molecule has 10 nitrogen and oxygen atoms in total. The Hall–Kier alpha value is -4.89. The number of amides is 1. The van der Waals surface area contributed by atoms with E-state index in [9.17, 15) is 20.0 Å². The van der Waals surface area contributed by atoms with Gasteiger partial charge in [0.05, 0.1) is 36.3 Å². The van der Waals surface area contributed by atoms with Crippen LogP contribution < -0.4 is 0 Å². The number of likely N-dealkylation sites (tertiary alicyclic amines) is 1. The fourth-order valence-electron chi connectivity index (χ4n) is 7.15. The van der Waals surface area contributed by atoms with E-state index in [1.165, 1.54) is 0 Å². The number of aromatic nitrogens is 2. The average molecular weight is 703 g/mol. The van der Waals surface area contributed by atoms with Gasteiger partial charge in [-0.3, -0.25) is 19.4 Å². The maximum absolute atomic E-state index is 12.9. The fraction of sp³-hybridized carbons (Fsp3) is 0.375. The van der Waals surface area contributed by atoms with E-state index in [-0.39, 0.29) is 5.91 Å². The molecule has 51 heavy (non-hydrogen) atoms. The van der Waals surface area contributed by atoms with Crippen LogP contribution in [0.3, 0.4) is 0 Å². The molecular weight excluding hydrogens is 661 g/mol. The second-order valence-electron chi connectivity index (χ2n) is 14.6. The van der Waals surface area contributed by atoms with Crippen molar-refractivity contribution in [3.05, 3.63) is 81.4 Å². The number of carbonyl (C=O) groups is 2. The minimum Gasteiger partial charge on any atom is -0.481 e. The van der Waals surface area contributed by atoms with E-state index in [0.717, 1.165) is 54.5 Å². The van der Waals surface area contributed by atoms with Crippen LogP contribution in [0.4, 0.5) is 0 Å². The molecule has 0 bridgehead atoms. The van der Waals surface area contributed by atoms with Crippen LogP contribution in [0.2, 0.25) is 0 Å². The van der Waals surface area contributed by atoms with Crippen molar-refractivity contribution in [3.8, 4) is 39.2 Å². The number of carboxylic acids is 1. The summed E-state index contributed by atoms with van der Waals surface area (Å²) >= 11 is 1.66. The minimum absolute atomic E-state index is 0.127. The summed E-state index contributed by atoms with van der Waals surface area (Å²) in [5.74, 6) is -0.208. The molecule has 0 aliphatic carbocycles. The third kappa shape index (κ3) is 6.44. The Bertz CT molecular complexity index is 2210. The number of aliphatic carboxylic acids is 1. The van der Waals surface area contributed by atoms with E-state index in [1.807, 2.05) is 36.2 Å². The van der Waals surface area contributed by atoms with Crippen molar-refractivity contribution in [1.29, 1.82) is 5.26 Å². The van der Waals surface area contributed by atoms with Crippen LogP contribution in [0.15, 0.2) is 52.9 Å². The molecule has 1 saturated heterocycles. The highest BCUT2D eigenvalue weighted by Crippen LogP contribution is 2.40. The smallest absolute Gasteiger partial charge is 0.310 e. The van der Waals surface area contributed by atoms with Gasteiger partial charge in [0.15, 0.2) is 5.58 Å². The minimum atomic E-state index is -0.781. The van der Waals surface area contributed by atoms with Crippen molar-refractivity contribution in [2.24, 2.45) is 5.41 Å². The summed E-state index contributed by atoms with van der Waals surface area (Å²) in [6.45, 7) is 13.4. The molecule has 3 aromatic carbocycles. The first-order chi connectivity index (χ1) is 24.3. The normalized spacial score (nSPS) is 17.5. The summed E-state index contributed by atoms with van der Waals surface area (Å²) in [6, 6.07) is 18.7. The molecule has 5 aromatic rings. The molecule has 2 aliphatic heterocycles. The first-order valence-electron chi connectivity index (χ1n) is 17.3. The summed E-state index contributed by atoms with van der Waals surface area (Å²) in [4.78, 5) is 41.8. The van der Waals surface area contributed by atoms with E-state index in [2.05, 4.69) is 67.8 Å². The van der Waals surface area contributed by atoms with Gasteiger partial charge in [-0.15, -0.1) is 11.3 Å².